The van der Waals surface area contributed by atoms with Gasteiger partial charge < -0.3 is 4.74 Å². The molecule has 0 radical (unpaired) electrons. The zero-order valence-corrected chi connectivity index (χ0v) is 7.52. The minimum Gasteiger partial charge on any atom is -0.424 e. The van der Waals surface area contributed by atoms with Gasteiger partial charge in [-0.25, -0.2) is 18.7 Å². The Morgan fingerprint density at radius 3 is 2.07 bits per heavy atom. The van der Waals surface area contributed by atoms with Crippen molar-refractivity contribution >= 4 is 0 Å². The fraction of sp³-hybridized carbons (Fsp3) is 0. The van der Waals surface area contributed by atoms with E-state index in [4.69, 9.17) is 4.74 Å². The van der Waals surface area contributed by atoms with Gasteiger partial charge in [-0.3, -0.25) is 0 Å². The molecule has 0 N–H and O–H groups in total. The first-order valence-corrected chi connectivity index (χ1v) is 4.15. The van der Waals surface area contributed by atoms with Crippen molar-refractivity contribution in [1.82, 2.24) is 9.97 Å². The van der Waals surface area contributed by atoms with E-state index in [0.717, 1.165) is 12.4 Å². The Morgan fingerprint density at radius 2 is 1.47 bits per heavy atom. The molecule has 0 fully saturated rings. The Balaban J connectivity index is 2.15. The molecule has 1 aromatic heterocycles. The molecule has 0 bridgehead atoms. The first-order chi connectivity index (χ1) is 7.24. The van der Waals surface area contributed by atoms with Crippen LogP contribution in [0.25, 0.3) is 0 Å². The Kier molecular flexibility index (Phi) is 2.53. The maximum absolute atomic E-state index is 12.5. The highest BCUT2D eigenvalue weighted by molar-refractivity contribution is 5.24. The lowest BCUT2D eigenvalue weighted by atomic mass is 10.3. The fourth-order valence-corrected chi connectivity index (χ4v) is 0.961. The normalized spacial score (nSPS) is 10.0. The second kappa shape index (κ2) is 4.00. The largest absolute Gasteiger partial charge is 0.424 e. The smallest absolute Gasteiger partial charge is 0.322 e. The Bertz CT molecular complexity index is 398. The van der Waals surface area contributed by atoms with Crippen LogP contribution in [0, 0.1) is 11.6 Å². The van der Waals surface area contributed by atoms with E-state index in [1.54, 1.807) is 0 Å². The highest BCUT2D eigenvalue weighted by Crippen LogP contribution is 2.17. The summed E-state index contributed by atoms with van der Waals surface area (Å²) in [5.41, 5.74) is 0. The van der Waals surface area contributed by atoms with Crippen molar-refractivity contribution < 1.29 is 13.5 Å². The molecule has 0 saturated heterocycles. The predicted molar refractivity (Wildman–Crippen MR) is 48.5 cm³/mol. The summed E-state index contributed by atoms with van der Waals surface area (Å²) in [6.07, 6.45) is 1.98. The van der Waals surface area contributed by atoms with Crippen molar-refractivity contribution in [1.29, 1.82) is 0 Å². The van der Waals surface area contributed by atoms with Crippen LogP contribution in [0.4, 0.5) is 8.78 Å². The molecule has 0 saturated carbocycles. The van der Waals surface area contributed by atoms with Crippen LogP contribution in [0.3, 0.4) is 0 Å². The number of benzene rings is 1. The fourth-order valence-electron chi connectivity index (χ4n) is 0.961. The Labute approximate surface area is 84.4 Å². The summed E-state index contributed by atoms with van der Waals surface area (Å²) in [5.74, 6) is -0.508. The van der Waals surface area contributed by atoms with Gasteiger partial charge >= 0.3 is 6.01 Å². The first-order valence-electron chi connectivity index (χ1n) is 4.15. The van der Waals surface area contributed by atoms with Crippen molar-refractivity contribution in [2.24, 2.45) is 0 Å². The Morgan fingerprint density at radius 1 is 0.867 bits per heavy atom. The molecular formula is C10H6F2N2O. The monoisotopic (exact) mass is 208 g/mol. The van der Waals surface area contributed by atoms with Crippen LogP contribution in [0.15, 0.2) is 36.7 Å². The maximum atomic E-state index is 12.5. The molecule has 76 valence electrons. The minimum atomic E-state index is -0.540. The van der Waals surface area contributed by atoms with Crippen LogP contribution in [0.2, 0.25) is 0 Å². The number of halogens is 2. The number of aromatic nitrogens is 2. The molecule has 1 aromatic carbocycles. The van der Waals surface area contributed by atoms with E-state index in [1.165, 1.54) is 24.3 Å². The van der Waals surface area contributed by atoms with E-state index >= 15 is 0 Å². The molecule has 0 amide bonds. The average Bonchev–Trinajstić information content (AvgIpc) is 2.25. The highest BCUT2D eigenvalue weighted by Gasteiger charge is 2.00. The summed E-state index contributed by atoms with van der Waals surface area (Å²) >= 11 is 0. The first kappa shape index (κ1) is 9.51. The molecule has 2 aromatic rings. The molecule has 2 rings (SSSR count). The van der Waals surface area contributed by atoms with Crippen LogP contribution in [0.5, 0.6) is 11.8 Å². The van der Waals surface area contributed by atoms with E-state index in [0.29, 0.717) is 5.75 Å². The topological polar surface area (TPSA) is 35.0 Å². The molecule has 3 nitrogen and oxygen atoms in total. The zero-order valence-electron chi connectivity index (χ0n) is 7.52. The highest BCUT2D eigenvalue weighted by atomic mass is 19.1. The third kappa shape index (κ3) is 2.46. The quantitative estimate of drug-likeness (QED) is 0.760. The van der Waals surface area contributed by atoms with Gasteiger partial charge in [-0.2, -0.15) is 0 Å². The molecule has 0 unspecified atom stereocenters. The summed E-state index contributed by atoms with van der Waals surface area (Å²) in [6.45, 7) is 0. The van der Waals surface area contributed by atoms with Gasteiger partial charge in [-0.1, -0.05) is 0 Å². The number of hydrogen-bond acceptors (Lipinski definition) is 3. The van der Waals surface area contributed by atoms with Crippen molar-refractivity contribution in [3.05, 3.63) is 48.3 Å². The van der Waals surface area contributed by atoms with E-state index < -0.39 is 5.82 Å². The molecular weight excluding hydrogens is 202 g/mol. The van der Waals surface area contributed by atoms with Crippen LogP contribution < -0.4 is 4.74 Å². The molecule has 1 heterocycles. The van der Waals surface area contributed by atoms with Gasteiger partial charge in [0.25, 0.3) is 0 Å². The summed E-state index contributed by atoms with van der Waals surface area (Å²) in [6, 6.07) is 5.38. The van der Waals surface area contributed by atoms with Gasteiger partial charge in [0.2, 0.25) is 0 Å². The average molecular weight is 208 g/mol. The summed E-state index contributed by atoms with van der Waals surface area (Å²) in [5, 5.41) is 0. The van der Waals surface area contributed by atoms with Gasteiger partial charge in [0.15, 0.2) is 5.82 Å². The SMILES string of the molecule is Fc1ccc(Oc2ncc(F)cn2)cc1. The summed E-state index contributed by atoms with van der Waals surface area (Å²) in [4.78, 5) is 7.19. The Hall–Kier alpha value is -2.04. The molecule has 0 spiro atoms. The van der Waals surface area contributed by atoms with Crippen molar-refractivity contribution in [2.45, 2.75) is 0 Å². The number of nitrogens with zero attached hydrogens (tertiary/aromatic N) is 2. The maximum Gasteiger partial charge on any atom is 0.322 e. The molecule has 0 aliphatic carbocycles. The van der Waals surface area contributed by atoms with Gasteiger partial charge in [-0.05, 0) is 24.3 Å². The van der Waals surface area contributed by atoms with Crippen LogP contribution in [-0.4, -0.2) is 9.97 Å². The lowest BCUT2D eigenvalue weighted by Crippen LogP contribution is -1.91. The van der Waals surface area contributed by atoms with Crippen molar-refractivity contribution in [3.63, 3.8) is 0 Å². The summed E-state index contributed by atoms with van der Waals surface area (Å²) < 4.78 is 30.1. The third-order valence-electron chi connectivity index (χ3n) is 1.62. The van der Waals surface area contributed by atoms with Crippen molar-refractivity contribution in [2.75, 3.05) is 0 Å². The molecule has 0 aliphatic heterocycles. The van der Waals surface area contributed by atoms with Crippen molar-refractivity contribution in [3.8, 4) is 11.8 Å². The predicted octanol–water partition coefficient (Wildman–Crippen LogP) is 2.55. The van der Waals surface area contributed by atoms with E-state index in [2.05, 4.69) is 9.97 Å². The van der Waals surface area contributed by atoms with E-state index in [1.807, 2.05) is 0 Å². The van der Waals surface area contributed by atoms with E-state index in [-0.39, 0.29) is 11.8 Å². The number of rotatable bonds is 2. The second-order valence-electron chi connectivity index (χ2n) is 2.74. The molecule has 0 atom stereocenters. The molecule has 5 heteroatoms. The van der Waals surface area contributed by atoms with Crippen LogP contribution >= 0.6 is 0 Å². The number of hydrogen-bond donors (Lipinski definition) is 0. The number of ether oxygens (including phenoxy) is 1. The minimum absolute atomic E-state index is 0.0167. The van der Waals surface area contributed by atoms with Crippen LogP contribution in [-0.2, 0) is 0 Å². The zero-order chi connectivity index (χ0) is 10.7. The van der Waals surface area contributed by atoms with E-state index in [9.17, 15) is 8.78 Å². The van der Waals surface area contributed by atoms with Gasteiger partial charge in [0, 0.05) is 0 Å². The lowest BCUT2D eigenvalue weighted by molar-refractivity contribution is 0.435. The molecule has 15 heavy (non-hydrogen) atoms. The van der Waals surface area contributed by atoms with Gasteiger partial charge in [0.05, 0.1) is 12.4 Å². The standard InChI is InChI=1S/C10H6F2N2O/c11-7-1-3-9(4-2-7)15-10-13-5-8(12)6-14-10/h1-6H. The van der Waals surface area contributed by atoms with Gasteiger partial charge in [0.1, 0.15) is 11.6 Å². The second-order valence-corrected chi connectivity index (χ2v) is 2.74. The lowest BCUT2D eigenvalue weighted by Gasteiger charge is -2.02. The molecule has 0 aliphatic rings. The third-order valence-corrected chi connectivity index (χ3v) is 1.62. The van der Waals surface area contributed by atoms with Gasteiger partial charge in [-0.15, -0.1) is 0 Å². The summed E-state index contributed by atoms with van der Waals surface area (Å²) in [7, 11) is 0. The van der Waals surface area contributed by atoms with Crippen LogP contribution in [0.1, 0.15) is 0 Å².